The minimum absolute atomic E-state index is 0.0688. The van der Waals surface area contributed by atoms with Crippen LogP contribution >= 0.6 is 11.3 Å². The van der Waals surface area contributed by atoms with Gasteiger partial charge >= 0.3 is 0 Å². The van der Waals surface area contributed by atoms with Gasteiger partial charge in [-0.1, -0.05) is 6.07 Å². The van der Waals surface area contributed by atoms with Gasteiger partial charge in [-0.3, -0.25) is 0 Å². The molecule has 84 valence electrons. The van der Waals surface area contributed by atoms with Crippen LogP contribution in [0.3, 0.4) is 0 Å². The molecular weight excluding hydrogens is 234 g/mol. The molecule has 6 heteroatoms. The Balaban J connectivity index is 1.88. The standard InChI is InChI=1S/C9H13NO3S2/c11-8(9-2-1-5-14-9)6-10-15(12,13)7-3-4-7/h1-2,5,7-8,10-11H,3-4,6H2. The number of aliphatic hydroxyl groups excluding tert-OH is 1. The highest BCUT2D eigenvalue weighted by molar-refractivity contribution is 7.90. The lowest BCUT2D eigenvalue weighted by Gasteiger charge is -2.09. The molecule has 1 aliphatic carbocycles. The Labute approximate surface area is 93.0 Å². The average molecular weight is 247 g/mol. The molecule has 1 saturated carbocycles. The highest BCUT2D eigenvalue weighted by atomic mass is 32.2. The van der Waals surface area contributed by atoms with Crippen LogP contribution in [-0.4, -0.2) is 25.3 Å². The first-order chi connectivity index (χ1) is 7.09. The summed E-state index contributed by atoms with van der Waals surface area (Å²) in [6, 6.07) is 3.62. The lowest BCUT2D eigenvalue weighted by molar-refractivity contribution is 0.185. The second-order valence-electron chi connectivity index (χ2n) is 3.62. The van der Waals surface area contributed by atoms with Gasteiger partial charge in [-0.2, -0.15) is 0 Å². The first-order valence-corrected chi connectivity index (χ1v) is 7.22. The molecule has 2 rings (SSSR count). The van der Waals surface area contributed by atoms with Crippen molar-refractivity contribution in [3.63, 3.8) is 0 Å². The van der Waals surface area contributed by atoms with Crippen molar-refractivity contribution in [2.75, 3.05) is 6.54 Å². The number of thiophene rings is 1. The van der Waals surface area contributed by atoms with Crippen molar-refractivity contribution in [3.05, 3.63) is 22.4 Å². The Morgan fingerprint density at radius 1 is 1.60 bits per heavy atom. The topological polar surface area (TPSA) is 66.4 Å². The SMILES string of the molecule is O=S(=O)(NCC(O)c1cccs1)C1CC1. The fraction of sp³-hybridized carbons (Fsp3) is 0.556. The Morgan fingerprint density at radius 2 is 2.33 bits per heavy atom. The van der Waals surface area contributed by atoms with Gasteiger partial charge in [0.1, 0.15) is 6.10 Å². The van der Waals surface area contributed by atoms with Gasteiger partial charge in [0.25, 0.3) is 0 Å². The van der Waals surface area contributed by atoms with Crippen molar-refractivity contribution in [3.8, 4) is 0 Å². The summed E-state index contributed by atoms with van der Waals surface area (Å²) < 4.78 is 25.3. The van der Waals surface area contributed by atoms with Gasteiger partial charge in [-0.25, -0.2) is 13.1 Å². The average Bonchev–Trinajstić information content (AvgIpc) is 2.92. The molecule has 1 aromatic heterocycles. The van der Waals surface area contributed by atoms with E-state index in [0.717, 1.165) is 17.7 Å². The first kappa shape index (κ1) is 11.1. The van der Waals surface area contributed by atoms with Crippen LogP contribution in [0.25, 0.3) is 0 Å². The van der Waals surface area contributed by atoms with E-state index in [1.54, 1.807) is 6.07 Å². The fourth-order valence-corrected chi connectivity index (χ4v) is 3.37. The Bertz CT molecular complexity index is 409. The Kier molecular flexibility index (Phi) is 3.11. The van der Waals surface area contributed by atoms with Gasteiger partial charge in [-0.05, 0) is 24.3 Å². The molecule has 2 N–H and O–H groups in total. The maximum Gasteiger partial charge on any atom is 0.214 e. The van der Waals surface area contributed by atoms with E-state index >= 15 is 0 Å². The predicted octanol–water partition coefficient (Wildman–Crippen LogP) is 0.863. The van der Waals surface area contributed by atoms with Gasteiger partial charge in [0.2, 0.25) is 10.0 Å². The summed E-state index contributed by atoms with van der Waals surface area (Å²) in [6.07, 6.45) is 0.744. The lowest BCUT2D eigenvalue weighted by atomic mass is 10.3. The number of rotatable bonds is 5. The van der Waals surface area contributed by atoms with Gasteiger partial charge in [-0.15, -0.1) is 11.3 Å². The van der Waals surface area contributed by atoms with Crippen LogP contribution in [0.2, 0.25) is 0 Å². The van der Waals surface area contributed by atoms with Crippen molar-refractivity contribution < 1.29 is 13.5 Å². The van der Waals surface area contributed by atoms with Gasteiger partial charge in [0.15, 0.2) is 0 Å². The zero-order valence-corrected chi connectivity index (χ0v) is 9.72. The van der Waals surface area contributed by atoms with E-state index in [2.05, 4.69) is 4.72 Å². The molecule has 0 aromatic carbocycles. The molecule has 0 amide bonds. The van der Waals surface area contributed by atoms with Gasteiger partial charge in [0.05, 0.1) is 5.25 Å². The minimum atomic E-state index is -3.18. The van der Waals surface area contributed by atoms with E-state index < -0.39 is 16.1 Å². The van der Waals surface area contributed by atoms with Crippen molar-refractivity contribution in [1.29, 1.82) is 0 Å². The predicted molar refractivity (Wildman–Crippen MR) is 59.2 cm³/mol. The largest absolute Gasteiger partial charge is 0.386 e. The maximum absolute atomic E-state index is 11.4. The summed E-state index contributed by atoms with van der Waals surface area (Å²) in [4.78, 5) is 0.786. The second kappa shape index (κ2) is 4.21. The summed E-state index contributed by atoms with van der Waals surface area (Å²) in [7, 11) is -3.18. The molecule has 0 aliphatic heterocycles. The summed E-state index contributed by atoms with van der Waals surface area (Å²) in [6.45, 7) is 0.0688. The highest BCUT2D eigenvalue weighted by Crippen LogP contribution is 2.27. The van der Waals surface area contributed by atoms with Crippen molar-refractivity contribution in [2.24, 2.45) is 0 Å². The molecule has 1 heterocycles. The number of nitrogens with one attached hydrogen (secondary N) is 1. The summed E-state index contributed by atoms with van der Waals surface area (Å²) in [5.41, 5.74) is 0. The number of aliphatic hydroxyl groups is 1. The lowest BCUT2D eigenvalue weighted by Crippen LogP contribution is -2.31. The molecule has 1 atom stereocenters. The van der Waals surface area contributed by atoms with Gasteiger partial charge < -0.3 is 5.11 Å². The third-order valence-electron chi connectivity index (χ3n) is 2.31. The molecule has 0 saturated heterocycles. The van der Waals surface area contributed by atoms with E-state index in [1.165, 1.54) is 11.3 Å². The van der Waals surface area contributed by atoms with Crippen LogP contribution in [0.5, 0.6) is 0 Å². The molecule has 0 bridgehead atoms. The second-order valence-corrected chi connectivity index (χ2v) is 6.65. The Morgan fingerprint density at radius 3 is 2.87 bits per heavy atom. The number of sulfonamides is 1. The number of hydrogen-bond donors (Lipinski definition) is 2. The summed E-state index contributed by atoms with van der Waals surface area (Å²) >= 11 is 1.42. The maximum atomic E-state index is 11.4. The van der Waals surface area contributed by atoms with Crippen LogP contribution in [0.4, 0.5) is 0 Å². The smallest absolute Gasteiger partial charge is 0.214 e. The molecule has 1 aromatic rings. The molecule has 1 unspecified atom stereocenters. The molecule has 1 fully saturated rings. The summed E-state index contributed by atoms with van der Waals surface area (Å²) in [5, 5.41) is 11.3. The number of hydrogen-bond acceptors (Lipinski definition) is 4. The molecular formula is C9H13NO3S2. The van der Waals surface area contributed by atoms with Crippen LogP contribution in [0.1, 0.15) is 23.8 Å². The third-order valence-corrected chi connectivity index (χ3v) is 5.20. The quantitative estimate of drug-likeness (QED) is 0.811. The van der Waals surface area contributed by atoms with Crippen LogP contribution < -0.4 is 4.72 Å². The normalized spacial score (nSPS) is 19.0. The monoisotopic (exact) mass is 247 g/mol. The molecule has 0 spiro atoms. The molecule has 0 radical (unpaired) electrons. The van der Waals surface area contributed by atoms with Crippen molar-refractivity contribution in [1.82, 2.24) is 4.72 Å². The van der Waals surface area contributed by atoms with E-state index in [1.807, 2.05) is 11.4 Å². The van der Waals surface area contributed by atoms with Crippen molar-refractivity contribution >= 4 is 21.4 Å². The molecule has 15 heavy (non-hydrogen) atoms. The van der Waals surface area contributed by atoms with Crippen LogP contribution in [0, 0.1) is 0 Å². The van der Waals surface area contributed by atoms with E-state index in [4.69, 9.17) is 0 Å². The van der Waals surface area contributed by atoms with Gasteiger partial charge in [0, 0.05) is 11.4 Å². The van der Waals surface area contributed by atoms with E-state index in [-0.39, 0.29) is 11.8 Å². The summed E-state index contributed by atoms with van der Waals surface area (Å²) in [5.74, 6) is 0. The molecule has 1 aliphatic rings. The highest BCUT2D eigenvalue weighted by Gasteiger charge is 2.35. The fourth-order valence-electron chi connectivity index (χ4n) is 1.27. The van der Waals surface area contributed by atoms with Crippen molar-refractivity contribution in [2.45, 2.75) is 24.2 Å². The van der Waals surface area contributed by atoms with E-state index in [9.17, 15) is 13.5 Å². The van der Waals surface area contributed by atoms with Crippen LogP contribution in [0.15, 0.2) is 17.5 Å². The third kappa shape index (κ3) is 2.78. The first-order valence-electron chi connectivity index (χ1n) is 4.79. The molecule has 4 nitrogen and oxygen atoms in total. The van der Waals surface area contributed by atoms with Crippen LogP contribution in [-0.2, 0) is 10.0 Å². The Hall–Kier alpha value is -0.430. The zero-order valence-electron chi connectivity index (χ0n) is 8.09. The minimum Gasteiger partial charge on any atom is -0.386 e. The van der Waals surface area contributed by atoms with E-state index in [0.29, 0.717) is 0 Å². The zero-order chi connectivity index (χ0) is 10.9.